The number of amides is 1. The van der Waals surface area contributed by atoms with Crippen LogP contribution < -0.4 is 10.5 Å². The first-order chi connectivity index (χ1) is 8.41. The van der Waals surface area contributed by atoms with Gasteiger partial charge in [0.1, 0.15) is 11.6 Å². The summed E-state index contributed by atoms with van der Waals surface area (Å²) in [4.78, 5) is 12.8. The zero-order valence-electron chi connectivity index (χ0n) is 10.4. The maximum Gasteiger partial charge on any atom is 0.222 e. The number of nitrogens with two attached hydrogens (primary N) is 1. The molecule has 1 amide bonds. The normalized spacial score (nSPS) is 10.2. The van der Waals surface area contributed by atoms with Crippen molar-refractivity contribution < 1.29 is 13.9 Å². The molecule has 1 aromatic rings. The van der Waals surface area contributed by atoms with Gasteiger partial charge in [-0.2, -0.15) is 0 Å². The number of nitrogens with zero attached hydrogens (tertiary/aromatic N) is 1. The Morgan fingerprint density at radius 3 is 2.78 bits per heavy atom. The molecule has 4 nitrogen and oxygen atoms in total. The maximum absolute atomic E-state index is 13.3. The third-order valence-corrected chi connectivity index (χ3v) is 2.95. The van der Waals surface area contributed by atoms with Crippen molar-refractivity contribution in [3.05, 3.63) is 22.4 Å². The summed E-state index contributed by atoms with van der Waals surface area (Å²) in [6.07, 6.45) is 0.958. The molecule has 2 N–H and O–H groups in total. The average molecular weight is 319 g/mol. The first-order valence-electron chi connectivity index (χ1n) is 5.49. The number of rotatable bonds is 5. The number of nitrogen functional groups attached to an aromatic ring is 1. The van der Waals surface area contributed by atoms with E-state index in [1.54, 1.807) is 14.1 Å². The van der Waals surface area contributed by atoms with E-state index in [-0.39, 0.29) is 5.91 Å². The van der Waals surface area contributed by atoms with Gasteiger partial charge in [-0.1, -0.05) is 0 Å². The molecule has 0 bridgehead atoms. The topological polar surface area (TPSA) is 55.6 Å². The lowest BCUT2D eigenvalue weighted by Gasteiger charge is -2.11. The average Bonchev–Trinajstić information content (AvgIpc) is 2.30. The Hall–Kier alpha value is -1.30. The van der Waals surface area contributed by atoms with Gasteiger partial charge in [-0.05, 0) is 28.4 Å². The van der Waals surface area contributed by atoms with Gasteiger partial charge in [-0.15, -0.1) is 0 Å². The minimum absolute atomic E-state index is 0.0357. The molecule has 1 rings (SSSR count). The molecule has 0 spiro atoms. The summed E-state index contributed by atoms with van der Waals surface area (Å²) in [6, 6.07) is 2.68. The monoisotopic (exact) mass is 318 g/mol. The molecule has 100 valence electrons. The number of hydrogen-bond acceptors (Lipinski definition) is 3. The molecule has 0 fully saturated rings. The van der Waals surface area contributed by atoms with Crippen LogP contribution in [0.25, 0.3) is 0 Å². The van der Waals surface area contributed by atoms with Crippen molar-refractivity contribution in [1.29, 1.82) is 0 Å². The van der Waals surface area contributed by atoms with Crippen molar-refractivity contribution in [3.63, 3.8) is 0 Å². The van der Waals surface area contributed by atoms with E-state index in [0.29, 0.717) is 35.4 Å². The van der Waals surface area contributed by atoms with Crippen LogP contribution in [-0.2, 0) is 4.79 Å². The van der Waals surface area contributed by atoms with Gasteiger partial charge < -0.3 is 15.4 Å². The molecular weight excluding hydrogens is 303 g/mol. The van der Waals surface area contributed by atoms with Crippen molar-refractivity contribution in [2.75, 3.05) is 26.4 Å². The van der Waals surface area contributed by atoms with E-state index in [9.17, 15) is 9.18 Å². The number of halogens is 2. The van der Waals surface area contributed by atoms with Crippen LogP contribution in [0.5, 0.6) is 5.75 Å². The van der Waals surface area contributed by atoms with E-state index in [2.05, 4.69) is 15.9 Å². The van der Waals surface area contributed by atoms with Gasteiger partial charge in [0.25, 0.3) is 0 Å². The lowest BCUT2D eigenvalue weighted by atomic mass is 10.3. The molecule has 0 aliphatic rings. The van der Waals surface area contributed by atoms with Crippen LogP contribution >= 0.6 is 15.9 Å². The summed E-state index contributed by atoms with van der Waals surface area (Å²) in [6.45, 7) is 0.324. The molecule has 0 unspecified atom stereocenters. The Morgan fingerprint density at radius 1 is 1.50 bits per heavy atom. The van der Waals surface area contributed by atoms with Gasteiger partial charge in [-0.25, -0.2) is 4.39 Å². The van der Waals surface area contributed by atoms with Crippen LogP contribution in [0.4, 0.5) is 10.1 Å². The van der Waals surface area contributed by atoms with Crippen LogP contribution in [0.15, 0.2) is 16.6 Å². The first-order valence-corrected chi connectivity index (χ1v) is 6.28. The second-order valence-corrected chi connectivity index (χ2v) is 4.90. The Bertz CT molecular complexity index is 438. The minimum Gasteiger partial charge on any atom is -0.491 e. The highest BCUT2D eigenvalue weighted by Gasteiger charge is 2.08. The predicted octanol–water partition coefficient (Wildman–Crippen LogP) is 2.42. The van der Waals surface area contributed by atoms with E-state index in [1.807, 2.05) is 0 Å². The second kappa shape index (κ2) is 6.58. The quantitative estimate of drug-likeness (QED) is 0.670. The SMILES string of the molecule is CN(C)C(=O)CCCOc1cc(F)c(Br)cc1N. The smallest absolute Gasteiger partial charge is 0.222 e. The second-order valence-electron chi connectivity index (χ2n) is 4.04. The van der Waals surface area contributed by atoms with Gasteiger partial charge >= 0.3 is 0 Å². The van der Waals surface area contributed by atoms with E-state index in [1.165, 1.54) is 17.0 Å². The largest absolute Gasteiger partial charge is 0.491 e. The standard InChI is InChI=1S/C12H16BrFN2O2/c1-16(2)12(17)4-3-5-18-11-7-9(14)8(13)6-10(11)15/h6-7H,3-5,15H2,1-2H3. The van der Waals surface area contributed by atoms with Gasteiger partial charge in [0.05, 0.1) is 16.8 Å². The third-order valence-electron chi connectivity index (χ3n) is 2.34. The Labute approximate surface area is 114 Å². The van der Waals surface area contributed by atoms with Crippen LogP contribution in [0.1, 0.15) is 12.8 Å². The number of carbonyl (C=O) groups is 1. The van der Waals surface area contributed by atoms with E-state index in [0.717, 1.165) is 0 Å². The summed E-state index contributed by atoms with van der Waals surface area (Å²) in [5.74, 6) is -0.0925. The molecule has 0 saturated heterocycles. The summed E-state index contributed by atoms with van der Waals surface area (Å²) >= 11 is 3.04. The highest BCUT2D eigenvalue weighted by atomic mass is 79.9. The fourth-order valence-electron chi connectivity index (χ4n) is 1.30. The van der Waals surface area contributed by atoms with Crippen LogP contribution in [-0.4, -0.2) is 31.5 Å². The van der Waals surface area contributed by atoms with Crippen molar-refractivity contribution in [2.24, 2.45) is 0 Å². The van der Waals surface area contributed by atoms with Gasteiger partial charge in [0.15, 0.2) is 0 Å². The summed E-state index contributed by atoms with van der Waals surface area (Å²) in [5, 5.41) is 0. The molecule has 1 aromatic carbocycles. The predicted molar refractivity (Wildman–Crippen MR) is 71.9 cm³/mol. The van der Waals surface area contributed by atoms with E-state index < -0.39 is 5.82 Å². The first kappa shape index (κ1) is 14.8. The lowest BCUT2D eigenvalue weighted by Crippen LogP contribution is -2.21. The van der Waals surface area contributed by atoms with Gasteiger partial charge in [0, 0.05) is 26.6 Å². The van der Waals surface area contributed by atoms with Crippen molar-refractivity contribution >= 4 is 27.5 Å². The zero-order valence-corrected chi connectivity index (χ0v) is 12.0. The van der Waals surface area contributed by atoms with Crippen molar-refractivity contribution in [1.82, 2.24) is 4.90 Å². The number of ether oxygens (including phenoxy) is 1. The number of benzene rings is 1. The number of anilines is 1. The lowest BCUT2D eigenvalue weighted by molar-refractivity contribution is -0.128. The summed E-state index contributed by atoms with van der Waals surface area (Å²) in [5.41, 5.74) is 6.05. The minimum atomic E-state index is -0.427. The van der Waals surface area contributed by atoms with Crippen LogP contribution in [0, 0.1) is 5.82 Å². The molecular formula is C12H16BrFN2O2. The molecule has 0 saturated carbocycles. The molecule has 0 radical (unpaired) electrons. The molecule has 6 heteroatoms. The van der Waals surface area contributed by atoms with Crippen molar-refractivity contribution in [2.45, 2.75) is 12.8 Å². The molecule has 0 atom stereocenters. The number of hydrogen-bond donors (Lipinski definition) is 1. The zero-order chi connectivity index (χ0) is 13.7. The Kier molecular flexibility index (Phi) is 5.40. The Morgan fingerprint density at radius 2 is 2.17 bits per heavy atom. The van der Waals surface area contributed by atoms with E-state index >= 15 is 0 Å². The highest BCUT2D eigenvalue weighted by molar-refractivity contribution is 9.10. The molecule has 0 aliphatic carbocycles. The summed E-state index contributed by atoms with van der Waals surface area (Å²) < 4.78 is 18.9. The van der Waals surface area contributed by atoms with Crippen molar-refractivity contribution in [3.8, 4) is 5.75 Å². The molecule has 18 heavy (non-hydrogen) atoms. The highest BCUT2D eigenvalue weighted by Crippen LogP contribution is 2.28. The van der Waals surface area contributed by atoms with Gasteiger partial charge in [-0.3, -0.25) is 4.79 Å². The molecule has 0 heterocycles. The fourth-order valence-corrected chi connectivity index (χ4v) is 1.66. The van der Waals surface area contributed by atoms with Crippen LogP contribution in [0.3, 0.4) is 0 Å². The third kappa shape index (κ3) is 4.18. The summed E-state index contributed by atoms with van der Waals surface area (Å²) in [7, 11) is 3.40. The Balaban J connectivity index is 2.45. The number of carbonyl (C=O) groups excluding carboxylic acids is 1. The maximum atomic E-state index is 13.3. The van der Waals surface area contributed by atoms with Gasteiger partial charge in [0.2, 0.25) is 5.91 Å². The molecule has 0 aromatic heterocycles. The fraction of sp³-hybridized carbons (Fsp3) is 0.417. The molecule has 0 aliphatic heterocycles. The van der Waals surface area contributed by atoms with E-state index in [4.69, 9.17) is 10.5 Å². The van der Waals surface area contributed by atoms with Crippen LogP contribution in [0.2, 0.25) is 0 Å².